The summed E-state index contributed by atoms with van der Waals surface area (Å²) in [6.45, 7) is 3.03. The van der Waals surface area contributed by atoms with Gasteiger partial charge >= 0.3 is 5.69 Å². The number of benzene rings is 2. The van der Waals surface area contributed by atoms with Gasteiger partial charge in [0.05, 0.1) is 36.2 Å². The molecule has 2 aromatic carbocycles. The molecule has 2 aliphatic rings. The number of aryl methyl sites for hydroxylation is 3. The molecular weight excluding hydrogens is 664 g/mol. The maximum Gasteiger partial charge on any atom is 0.328 e. The predicted octanol–water partition coefficient (Wildman–Crippen LogP) is 3.62. The van der Waals surface area contributed by atoms with Gasteiger partial charge in [0, 0.05) is 49.4 Å². The number of pyridine rings is 1. The first kappa shape index (κ1) is 32.5. The minimum absolute atomic E-state index is 0.0497. The Kier molecular flexibility index (Phi) is 8.02. The Labute approximate surface area is 296 Å². The van der Waals surface area contributed by atoms with Gasteiger partial charge in [0.1, 0.15) is 23.6 Å². The Hall–Kier alpha value is -6.75. The van der Waals surface area contributed by atoms with Crippen LogP contribution in [0.15, 0.2) is 70.1 Å². The number of imidazole rings is 1. The molecule has 0 saturated carbocycles. The van der Waals surface area contributed by atoms with Crippen molar-refractivity contribution in [2.75, 3.05) is 24.6 Å². The van der Waals surface area contributed by atoms with Crippen molar-refractivity contribution in [3.05, 3.63) is 94.0 Å². The number of fused-ring (bicyclic) bond motifs is 3. The second-order valence-corrected chi connectivity index (χ2v) is 12.7. The summed E-state index contributed by atoms with van der Waals surface area (Å²) in [6, 6.07) is 14.6. The van der Waals surface area contributed by atoms with Gasteiger partial charge in [-0.2, -0.15) is 4.98 Å². The zero-order chi connectivity index (χ0) is 36.1. The molecule has 0 radical (unpaired) electrons. The highest BCUT2D eigenvalue weighted by molar-refractivity contribution is 6.03. The minimum Gasteiger partial charge on any atom is -0.474 e. The van der Waals surface area contributed by atoms with E-state index in [1.165, 1.54) is 6.20 Å². The zero-order valence-electron chi connectivity index (χ0n) is 28.5. The number of nitrogens with zero attached hydrogens (tertiary/aromatic N) is 6. The maximum absolute atomic E-state index is 12.8. The number of anilines is 2. The normalized spacial score (nSPS) is 15.5. The number of hydrogen-bond acceptors (Lipinski definition) is 10. The molecule has 14 nitrogen and oxygen atoms in total. The third-order valence-electron chi connectivity index (χ3n) is 9.44. The summed E-state index contributed by atoms with van der Waals surface area (Å²) >= 11 is 0. The number of rotatable bonds is 5. The fourth-order valence-corrected chi connectivity index (χ4v) is 6.87. The lowest BCUT2D eigenvalue weighted by Crippen LogP contribution is -2.39. The Balaban J connectivity index is 0.935. The average Bonchev–Trinajstić information content (AvgIpc) is 3.67. The second-order valence-electron chi connectivity index (χ2n) is 12.7. The molecule has 1 fully saturated rings. The van der Waals surface area contributed by atoms with Crippen molar-refractivity contribution in [3.63, 3.8) is 0 Å². The number of piperidine rings is 1. The number of aromatic nitrogens is 5. The molecule has 0 bridgehead atoms. The summed E-state index contributed by atoms with van der Waals surface area (Å²) in [5.74, 6) is 5.60. The quantitative estimate of drug-likeness (QED) is 0.201. The smallest absolute Gasteiger partial charge is 0.328 e. The van der Waals surface area contributed by atoms with Crippen molar-refractivity contribution in [1.82, 2.24) is 34.7 Å². The Bertz CT molecular complexity index is 2570. The number of hydrogen-bond donors (Lipinski definition) is 2. The molecule has 6 aromatic rings. The molecule has 3 amide bonds. The van der Waals surface area contributed by atoms with E-state index in [0.29, 0.717) is 53.9 Å². The van der Waals surface area contributed by atoms with Crippen LogP contribution in [-0.2, 0) is 23.7 Å². The van der Waals surface area contributed by atoms with E-state index >= 15 is 0 Å². The SMILES string of the molecule is Cc1cc(N2CCOc3nc(-c4ccc(C(=O)NCC#Cc5cc6c(C7CCC(=O)NC7=O)cccc6o5)nc4)ncc32)cc2c1n(C)c(=O)n2C. The van der Waals surface area contributed by atoms with Gasteiger partial charge in [0.2, 0.25) is 17.7 Å². The number of ether oxygens (including phenoxy) is 1. The monoisotopic (exact) mass is 696 g/mol. The molecule has 1 unspecified atom stereocenters. The summed E-state index contributed by atoms with van der Waals surface area (Å²) in [6.07, 6.45) is 3.95. The van der Waals surface area contributed by atoms with Crippen LogP contribution >= 0.6 is 0 Å². The standard InChI is InChI=1S/C38H32N8O6/c1-21-16-23(17-29-33(21)45(3)38(50)44(29)2)46-14-15-51-37-30(46)20-41-34(43-37)22-9-11-28(40-19-22)36(49)39-13-5-6-24-18-27-25(7-4-8-31(27)52-24)26-10-12-32(47)42-35(26)48/h4,7-9,11,16-20,26H,10,12-15H2,1-3H3,(H,39,49)(H,42,47,48). The van der Waals surface area contributed by atoms with Crippen molar-refractivity contribution < 1.29 is 23.5 Å². The van der Waals surface area contributed by atoms with Crippen LogP contribution in [0.3, 0.4) is 0 Å². The number of furan rings is 1. The number of amides is 3. The molecular formula is C38H32N8O6. The van der Waals surface area contributed by atoms with Crippen LogP contribution < -0.4 is 26.0 Å². The first-order valence-electron chi connectivity index (χ1n) is 16.7. The number of imide groups is 1. The summed E-state index contributed by atoms with van der Waals surface area (Å²) in [4.78, 5) is 65.1. The first-order chi connectivity index (χ1) is 25.2. The minimum atomic E-state index is -0.444. The fourth-order valence-electron chi connectivity index (χ4n) is 6.87. The van der Waals surface area contributed by atoms with Gasteiger partial charge in [-0.25, -0.2) is 9.78 Å². The summed E-state index contributed by atoms with van der Waals surface area (Å²) in [5, 5.41) is 5.90. The van der Waals surface area contributed by atoms with E-state index in [1.807, 2.05) is 25.1 Å². The molecule has 14 heteroatoms. The predicted molar refractivity (Wildman–Crippen MR) is 191 cm³/mol. The Morgan fingerprint density at radius 2 is 1.92 bits per heavy atom. The molecule has 2 aliphatic heterocycles. The van der Waals surface area contributed by atoms with Crippen LogP contribution in [-0.4, -0.2) is 61.5 Å². The lowest BCUT2D eigenvalue weighted by molar-refractivity contribution is -0.134. The third-order valence-corrected chi connectivity index (χ3v) is 9.44. The third kappa shape index (κ3) is 5.71. The van der Waals surface area contributed by atoms with E-state index in [-0.39, 0.29) is 36.2 Å². The highest BCUT2D eigenvalue weighted by Gasteiger charge is 2.30. The van der Waals surface area contributed by atoms with Crippen molar-refractivity contribution >= 4 is 51.1 Å². The van der Waals surface area contributed by atoms with Crippen LogP contribution in [0.4, 0.5) is 11.4 Å². The fraction of sp³-hybridized carbons (Fsp3) is 0.237. The van der Waals surface area contributed by atoms with E-state index in [0.717, 1.165) is 33.2 Å². The van der Waals surface area contributed by atoms with Gasteiger partial charge < -0.3 is 19.4 Å². The van der Waals surface area contributed by atoms with Gasteiger partial charge in [-0.05, 0) is 60.7 Å². The molecule has 2 N–H and O–H groups in total. The molecule has 52 heavy (non-hydrogen) atoms. The van der Waals surface area contributed by atoms with Crippen LogP contribution in [0, 0.1) is 18.8 Å². The second kappa shape index (κ2) is 12.9. The summed E-state index contributed by atoms with van der Waals surface area (Å²) < 4.78 is 15.1. The number of carbonyl (C=O) groups is 3. The average molecular weight is 697 g/mol. The molecule has 0 aliphatic carbocycles. The Morgan fingerprint density at radius 1 is 1.06 bits per heavy atom. The number of nitrogens with one attached hydrogen (secondary N) is 2. The van der Waals surface area contributed by atoms with Crippen molar-refractivity contribution in [2.24, 2.45) is 14.1 Å². The van der Waals surface area contributed by atoms with Crippen molar-refractivity contribution in [3.8, 4) is 29.1 Å². The summed E-state index contributed by atoms with van der Waals surface area (Å²) in [5.41, 5.74) is 6.41. The molecule has 1 atom stereocenters. The van der Waals surface area contributed by atoms with Gasteiger partial charge in [-0.1, -0.05) is 18.1 Å². The molecule has 0 spiro atoms. The van der Waals surface area contributed by atoms with Crippen molar-refractivity contribution in [1.29, 1.82) is 0 Å². The Morgan fingerprint density at radius 3 is 2.73 bits per heavy atom. The molecule has 1 saturated heterocycles. The van der Waals surface area contributed by atoms with Crippen LogP contribution in [0.5, 0.6) is 5.88 Å². The van der Waals surface area contributed by atoms with E-state index in [9.17, 15) is 19.2 Å². The maximum atomic E-state index is 12.8. The van der Waals surface area contributed by atoms with Gasteiger partial charge in [0.25, 0.3) is 5.91 Å². The van der Waals surface area contributed by atoms with Gasteiger partial charge in [-0.15, -0.1) is 0 Å². The first-order valence-corrected chi connectivity index (χ1v) is 16.7. The van der Waals surface area contributed by atoms with E-state index < -0.39 is 11.8 Å². The highest BCUT2D eigenvalue weighted by atomic mass is 16.5. The lowest BCUT2D eigenvalue weighted by Gasteiger charge is -2.30. The lowest BCUT2D eigenvalue weighted by atomic mass is 9.88. The van der Waals surface area contributed by atoms with E-state index in [2.05, 4.69) is 42.3 Å². The molecule has 6 heterocycles. The topological polar surface area (TPSA) is 166 Å². The van der Waals surface area contributed by atoms with Gasteiger partial charge in [-0.3, -0.25) is 33.8 Å². The van der Waals surface area contributed by atoms with E-state index in [1.54, 1.807) is 59.8 Å². The molecule has 8 rings (SSSR count). The highest BCUT2D eigenvalue weighted by Crippen LogP contribution is 2.38. The van der Waals surface area contributed by atoms with Crippen LogP contribution in [0.1, 0.15) is 46.1 Å². The van der Waals surface area contributed by atoms with E-state index in [4.69, 9.17) is 9.15 Å². The largest absolute Gasteiger partial charge is 0.474 e. The zero-order valence-corrected chi connectivity index (χ0v) is 28.5. The molecule has 260 valence electrons. The molecule has 4 aromatic heterocycles. The number of carbonyl (C=O) groups excluding carboxylic acids is 3. The summed E-state index contributed by atoms with van der Waals surface area (Å²) in [7, 11) is 3.54. The van der Waals surface area contributed by atoms with Crippen LogP contribution in [0.2, 0.25) is 0 Å². The van der Waals surface area contributed by atoms with Crippen molar-refractivity contribution in [2.45, 2.75) is 25.7 Å². The van der Waals surface area contributed by atoms with Gasteiger partial charge in [0.15, 0.2) is 11.6 Å². The van der Waals surface area contributed by atoms with Crippen LogP contribution in [0.25, 0.3) is 33.4 Å².